The van der Waals surface area contributed by atoms with Gasteiger partial charge in [0.2, 0.25) is 0 Å². The number of fused-ring (bicyclic) bond motifs is 1. The van der Waals surface area contributed by atoms with Crippen molar-refractivity contribution >= 4 is 39.0 Å². The molecule has 0 saturated carbocycles. The first kappa shape index (κ1) is 22.9. The first-order valence-electron chi connectivity index (χ1n) is 10.9. The van der Waals surface area contributed by atoms with E-state index in [0.717, 1.165) is 32.8 Å². The summed E-state index contributed by atoms with van der Waals surface area (Å²) in [5.74, 6) is 1.43. The summed E-state index contributed by atoms with van der Waals surface area (Å²) in [5, 5.41) is 3.82. The maximum absolute atomic E-state index is 13.1. The highest BCUT2D eigenvalue weighted by Crippen LogP contribution is 2.37. The van der Waals surface area contributed by atoms with E-state index < -0.39 is 0 Å². The number of benzene rings is 2. The highest BCUT2D eigenvalue weighted by molar-refractivity contribution is 7.20. The second-order valence-corrected chi connectivity index (χ2v) is 9.44. The first-order valence-corrected chi connectivity index (χ1v) is 11.7. The second kappa shape index (κ2) is 9.27. The molecule has 0 aliphatic heterocycles. The van der Waals surface area contributed by atoms with Gasteiger partial charge < -0.3 is 10.2 Å². The Labute approximate surface area is 197 Å². The summed E-state index contributed by atoms with van der Waals surface area (Å²) in [5.41, 5.74) is 3.99. The zero-order chi connectivity index (χ0) is 23.7. The Morgan fingerprint density at radius 3 is 2.36 bits per heavy atom. The zero-order valence-electron chi connectivity index (χ0n) is 19.4. The SMILES string of the molecule is Cc1nc(N(C)c2ccc(C(C)C)cc2)c2c(C)c(C(=O)NCc3ccc(F)cc3)sc2n1. The van der Waals surface area contributed by atoms with E-state index in [1.54, 1.807) is 12.1 Å². The lowest BCUT2D eigenvalue weighted by atomic mass is 10.0. The molecule has 2 aromatic heterocycles. The summed E-state index contributed by atoms with van der Waals surface area (Å²) in [7, 11) is 1.98. The molecule has 0 atom stereocenters. The van der Waals surface area contributed by atoms with Crippen LogP contribution in [0.25, 0.3) is 10.2 Å². The third-order valence-electron chi connectivity index (χ3n) is 5.72. The van der Waals surface area contributed by atoms with Crippen LogP contribution in [0.1, 0.15) is 52.0 Å². The van der Waals surface area contributed by atoms with E-state index in [4.69, 9.17) is 4.98 Å². The first-order chi connectivity index (χ1) is 15.7. The van der Waals surface area contributed by atoms with Crippen molar-refractivity contribution < 1.29 is 9.18 Å². The molecule has 0 bridgehead atoms. The van der Waals surface area contributed by atoms with E-state index in [9.17, 15) is 9.18 Å². The van der Waals surface area contributed by atoms with Crippen LogP contribution in [0.3, 0.4) is 0 Å². The number of rotatable bonds is 6. The lowest BCUT2D eigenvalue weighted by Crippen LogP contribution is -2.22. The number of anilines is 2. The second-order valence-electron chi connectivity index (χ2n) is 8.45. The number of nitrogens with zero attached hydrogens (tertiary/aromatic N) is 3. The number of amides is 1. The third-order valence-corrected chi connectivity index (χ3v) is 6.90. The molecule has 0 aliphatic carbocycles. The fourth-order valence-electron chi connectivity index (χ4n) is 3.75. The van der Waals surface area contributed by atoms with Crippen LogP contribution in [0.15, 0.2) is 48.5 Å². The molecule has 4 aromatic rings. The Morgan fingerprint density at radius 1 is 1.06 bits per heavy atom. The molecule has 4 rings (SSSR count). The van der Waals surface area contributed by atoms with Crippen LogP contribution in [-0.2, 0) is 6.54 Å². The summed E-state index contributed by atoms with van der Waals surface area (Å²) >= 11 is 1.37. The van der Waals surface area contributed by atoms with Gasteiger partial charge in [0, 0.05) is 19.3 Å². The normalized spacial score (nSPS) is 11.2. The summed E-state index contributed by atoms with van der Waals surface area (Å²) in [6, 6.07) is 14.6. The number of halogens is 1. The zero-order valence-corrected chi connectivity index (χ0v) is 20.3. The Balaban J connectivity index is 1.66. The van der Waals surface area contributed by atoms with E-state index in [1.807, 2.05) is 25.8 Å². The van der Waals surface area contributed by atoms with Crippen LogP contribution in [0.2, 0.25) is 0 Å². The molecule has 0 saturated heterocycles. The number of carbonyl (C=O) groups excluding carboxylic acids is 1. The molecule has 0 radical (unpaired) electrons. The van der Waals surface area contributed by atoms with Gasteiger partial charge >= 0.3 is 0 Å². The Kier molecular flexibility index (Phi) is 6.42. The summed E-state index contributed by atoms with van der Waals surface area (Å²) < 4.78 is 13.1. The van der Waals surface area contributed by atoms with Crippen molar-refractivity contribution in [2.75, 3.05) is 11.9 Å². The van der Waals surface area contributed by atoms with Crippen LogP contribution in [0.5, 0.6) is 0 Å². The van der Waals surface area contributed by atoms with Crippen LogP contribution in [0, 0.1) is 19.7 Å². The minimum Gasteiger partial charge on any atom is -0.347 e. The van der Waals surface area contributed by atoms with E-state index in [-0.39, 0.29) is 11.7 Å². The van der Waals surface area contributed by atoms with Crippen LogP contribution >= 0.6 is 11.3 Å². The molecule has 1 N–H and O–H groups in total. The molecule has 170 valence electrons. The van der Waals surface area contributed by atoms with Gasteiger partial charge in [-0.15, -0.1) is 11.3 Å². The van der Waals surface area contributed by atoms with Gasteiger partial charge in [-0.25, -0.2) is 14.4 Å². The fourth-order valence-corrected chi connectivity index (χ4v) is 4.89. The Bertz CT molecular complexity index is 1300. The summed E-state index contributed by atoms with van der Waals surface area (Å²) in [6.07, 6.45) is 0. The molecular weight excluding hydrogens is 435 g/mol. The number of nitrogens with one attached hydrogen (secondary N) is 1. The Hall–Kier alpha value is -3.32. The average Bonchev–Trinajstić information content (AvgIpc) is 3.13. The standard InChI is InChI=1S/C26H27FN4OS/c1-15(2)19-8-12-21(13-9-19)31(5)24-22-16(3)23(33-26(22)30-17(4)29-24)25(32)28-14-18-6-10-20(27)11-7-18/h6-13,15H,14H2,1-5H3,(H,28,32). The molecule has 33 heavy (non-hydrogen) atoms. The van der Waals surface area contributed by atoms with E-state index in [2.05, 4.69) is 48.4 Å². The van der Waals surface area contributed by atoms with Crippen LogP contribution in [-0.4, -0.2) is 22.9 Å². The van der Waals surface area contributed by atoms with E-state index in [1.165, 1.54) is 29.0 Å². The van der Waals surface area contributed by atoms with Crippen molar-refractivity contribution in [3.63, 3.8) is 0 Å². The molecule has 2 heterocycles. The van der Waals surface area contributed by atoms with Gasteiger partial charge in [0.05, 0.1) is 10.3 Å². The summed E-state index contributed by atoms with van der Waals surface area (Å²) in [4.78, 5) is 25.7. The fraction of sp³-hybridized carbons (Fsp3) is 0.269. The van der Waals surface area contributed by atoms with Crippen molar-refractivity contribution in [3.8, 4) is 0 Å². The molecule has 2 aromatic carbocycles. The van der Waals surface area contributed by atoms with Gasteiger partial charge in [0.25, 0.3) is 5.91 Å². The van der Waals surface area contributed by atoms with Crippen molar-refractivity contribution in [1.29, 1.82) is 0 Å². The molecule has 0 aliphatic rings. The number of thiophene rings is 1. The number of hydrogen-bond acceptors (Lipinski definition) is 5. The van der Waals surface area contributed by atoms with Crippen molar-refractivity contribution in [2.45, 2.75) is 40.2 Å². The van der Waals surface area contributed by atoms with Crippen molar-refractivity contribution in [2.24, 2.45) is 0 Å². The highest BCUT2D eigenvalue weighted by atomic mass is 32.1. The monoisotopic (exact) mass is 462 g/mol. The van der Waals surface area contributed by atoms with Crippen LogP contribution in [0.4, 0.5) is 15.9 Å². The molecule has 7 heteroatoms. The average molecular weight is 463 g/mol. The van der Waals surface area contributed by atoms with Crippen molar-refractivity contribution in [3.05, 3.63) is 81.7 Å². The number of carbonyl (C=O) groups is 1. The molecule has 0 spiro atoms. The quantitative estimate of drug-likeness (QED) is 0.367. The third kappa shape index (κ3) is 4.73. The van der Waals surface area contributed by atoms with Crippen molar-refractivity contribution in [1.82, 2.24) is 15.3 Å². The maximum Gasteiger partial charge on any atom is 0.261 e. The highest BCUT2D eigenvalue weighted by Gasteiger charge is 2.22. The molecule has 0 fully saturated rings. The molecule has 0 unspecified atom stereocenters. The smallest absolute Gasteiger partial charge is 0.261 e. The largest absolute Gasteiger partial charge is 0.347 e. The number of hydrogen-bond donors (Lipinski definition) is 1. The van der Waals surface area contributed by atoms with Gasteiger partial charge in [-0.2, -0.15) is 0 Å². The van der Waals surface area contributed by atoms with E-state index >= 15 is 0 Å². The molecular formula is C26H27FN4OS. The minimum absolute atomic E-state index is 0.174. The molecule has 1 amide bonds. The van der Waals surface area contributed by atoms with Gasteiger partial charge in [0.15, 0.2) is 0 Å². The van der Waals surface area contributed by atoms with Gasteiger partial charge in [0.1, 0.15) is 22.3 Å². The number of aryl methyl sites for hydroxylation is 2. The van der Waals surface area contributed by atoms with Crippen LogP contribution < -0.4 is 10.2 Å². The van der Waals surface area contributed by atoms with Gasteiger partial charge in [-0.1, -0.05) is 38.1 Å². The molecule has 5 nitrogen and oxygen atoms in total. The predicted octanol–water partition coefficient (Wildman–Crippen LogP) is 6.27. The van der Waals surface area contributed by atoms with E-state index in [0.29, 0.717) is 23.2 Å². The van der Waals surface area contributed by atoms with Gasteiger partial charge in [-0.3, -0.25) is 4.79 Å². The predicted molar refractivity (Wildman–Crippen MR) is 133 cm³/mol. The maximum atomic E-state index is 13.1. The number of aromatic nitrogens is 2. The Morgan fingerprint density at radius 2 is 1.73 bits per heavy atom. The lowest BCUT2D eigenvalue weighted by molar-refractivity contribution is 0.0954. The minimum atomic E-state index is -0.296. The topological polar surface area (TPSA) is 58.1 Å². The summed E-state index contributed by atoms with van der Waals surface area (Å²) in [6.45, 7) is 8.47. The van der Waals surface area contributed by atoms with Gasteiger partial charge in [-0.05, 0) is 60.7 Å². The lowest BCUT2D eigenvalue weighted by Gasteiger charge is -2.20.